The van der Waals surface area contributed by atoms with Crippen LogP contribution in [0.1, 0.15) is 32.6 Å². The van der Waals surface area contributed by atoms with Crippen LogP contribution in [0.25, 0.3) is 0 Å². The molecule has 1 unspecified atom stereocenters. The number of carbonyl (C=O) groups is 2. The smallest absolute Gasteiger partial charge is 0.254 e. The van der Waals surface area contributed by atoms with Crippen LogP contribution < -0.4 is 11.1 Å². The molecule has 2 aliphatic heterocycles. The van der Waals surface area contributed by atoms with Crippen LogP contribution in [-0.4, -0.2) is 35.8 Å². The summed E-state index contributed by atoms with van der Waals surface area (Å²) in [7, 11) is 0. The highest BCUT2D eigenvalue weighted by Gasteiger charge is 2.33. The highest BCUT2D eigenvalue weighted by Crippen LogP contribution is 2.26. The van der Waals surface area contributed by atoms with E-state index in [0.29, 0.717) is 18.5 Å². The van der Waals surface area contributed by atoms with Gasteiger partial charge in [-0.2, -0.15) is 0 Å². The van der Waals surface area contributed by atoms with Crippen molar-refractivity contribution in [2.75, 3.05) is 13.1 Å². The Hall–Kier alpha value is -2.66. The summed E-state index contributed by atoms with van der Waals surface area (Å²) >= 11 is 0. The minimum absolute atomic E-state index is 0.122. The Morgan fingerprint density at radius 2 is 1.69 bits per heavy atom. The molecule has 0 radical (unpaired) electrons. The zero-order valence-corrected chi connectivity index (χ0v) is 14.7. The summed E-state index contributed by atoms with van der Waals surface area (Å²) in [5.41, 5.74) is 10.9. The highest BCUT2D eigenvalue weighted by atomic mass is 16.2. The molecule has 0 fully saturated rings. The number of nitrogens with zero attached hydrogens (tertiary/aromatic N) is 1. The fraction of sp³-hybridized carbons (Fsp3) is 0.333. The molecule has 1 atom stereocenters. The second kappa shape index (κ2) is 6.92. The van der Waals surface area contributed by atoms with E-state index in [-0.39, 0.29) is 5.91 Å². The molecule has 0 aliphatic carbocycles. The first kappa shape index (κ1) is 16.8. The lowest BCUT2D eigenvalue weighted by atomic mass is 9.92. The van der Waals surface area contributed by atoms with Gasteiger partial charge in [-0.25, -0.2) is 0 Å². The van der Waals surface area contributed by atoms with E-state index >= 15 is 0 Å². The van der Waals surface area contributed by atoms with Crippen molar-refractivity contribution in [2.45, 2.75) is 31.8 Å². The topological polar surface area (TPSA) is 75.4 Å². The fourth-order valence-electron chi connectivity index (χ4n) is 3.96. The first-order chi connectivity index (χ1) is 12.6. The molecule has 0 saturated heterocycles. The molecule has 134 valence electrons. The number of primary amides is 1. The van der Waals surface area contributed by atoms with Crippen LogP contribution in [0, 0.1) is 0 Å². The molecule has 26 heavy (non-hydrogen) atoms. The Labute approximate surface area is 153 Å². The molecule has 0 spiro atoms. The molecule has 0 aromatic heterocycles. The second-order valence-electron chi connectivity index (χ2n) is 7.06. The SMILES string of the molecule is NC(=O)C1Cc2ccccc2CN1C(=O)c1ccc2c(c1)CCNCC2. The molecule has 0 saturated carbocycles. The standard InChI is InChI=1S/C21H23N3O2/c22-20(25)19-12-15-3-1-2-4-18(15)13-24(19)21(26)17-6-5-14-7-9-23-10-8-16(14)11-17/h1-6,11,19,23H,7-10,12-13H2,(H2,22,25). The van der Waals surface area contributed by atoms with E-state index in [0.717, 1.165) is 37.1 Å². The Balaban J connectivity index is 1.66. The molecule has 3 N–H and O–H groups in total. The summed E-state index contributed by atoms with van der Waals surface area (Å²) in [6.45, 7) is 2.31. The van der Waals surface area contributed by atoms with E-state index in [1.165, 1.54) is 11.1 Å². The number of rotatable bonds is 2. The van der Waals surface area contributed by atoms with E-state index < -0.39 is 11.9 Å². The molecular formula is C21H23N3O2. The van der Waals surface area contributed by atoms with E-state index in [9.17, 15) is 9.59 Å². The summed E-state index contributed by atoms with van der Waals surface area (Å²) in [4.78, 5) is 26.8. The Kier molecular flexibility index (Phi) is 4.47. The van der Waals surface area contributed by atoms with Crippen LogP contribution in [-0.2, 0) is 30.6 Å². The fourth-order valence-corrected chi connectivity index (χ4v) is 3.96. The number of carbonyl (C=O) groups excluding carboxylic acids is 2. The monoisotopic (exact) mass is 349 g/mol. The van der Waals surface area contributed by atoms with Crippen LogP contribution >= 0.6 is 0 Å². The summed E-state index contributed by atoms with van der Waals surface area (Å²) in [5.74, 6) is -0.574. The summed E-state index contributed by atoms with van der Waals surface area (Å²) in [6.07, 6.45) is 2.37. The van der Waals surface area contributed by atoms with Crippen molar-refractivity contribution in [3.8, 4) is 0 Å². The maximum atomic E-state index is 13.2. The van der Waals surface area contributed by atoms with Gasteiger partial charge in [0.15, 0.2) is 0 Å². The number of hydrogen-bond acceptors (Lipinski definition) is 3. The molecule has 4 rings (SSSR count). The molecular weight excluding hydrogens is 326 g/mol. The molecule has 2 amide bonds. The molecule has 0 bridgehead atoms. The van der Waals surface area contributed by atoms with Crippen molar-refractivity contribution in [3.63, 3.8) is 0 Å². The van der Waals surface area contributed by atoms with Crippen molar-refractivity contribution < 1.29 is 9.59 Å². The number of hydrogen-bond donors (Lipinski definition) is 2. The molecule has 2 heterocycles. The highest BCUT2D eigenvalue weighted by molar-refractivity contribution is 5.98. The van der Waals surface area contributed by atoms with E-state index in [1.807, 2.05) is 42.5 Å². The third kappa shape index (κ3) is 3.10. The van der Waals surface area contributed by atoms with Gasteiger partial charge in [-0.3, -0.25) is 9.59 Å². The third-order valence-electron chi connectivity index (χ3n) is 5.43. The Morgan fingerprint density at radius 1 is 0.962 bits per heavy atom. The quantitative estimate of drug-likeness (QED) is 0.861. The molecule has 5 nitrogen and oxygen atoms in total. The van der Waals surface area contributed by atoms with Gasteiger partial charge in [-0.05, 0) is 60.3 Å². The van der Waals surface area contributed by atoms with Crippen LogP contribution in [0.4, 0.5) is 0 Å². The van der Waals surface area contributed by atoms with Crippen molar-refractivity contribution in [1.29, 1.82) is 0 Å². The lowest BCUT2D eigenvalue weighted by molar-refractivity contribution is -0.122. The minimum Gasteiger partial charge on any atom is -0.368 e. The van der Waals surface area contributed by atoms with Crippen molar-refractivity contribution in [2.24, 2.45) is 5.73 Å². The first-order valence-electron chi connectivity index (χ1n) is 9.13. The maximum Gasteiger partial charge on any atom is 0.254 e. The van der Waals surface area contributed by atoms with Gasteiger partial charge >= 0.3 is 0 Å². The van der Waals surface area contributed by atoms with Crippen molar-refractivity contribution in [3.05, 3.63) is 70.3 Å². The first-order valence-corrected chi connectivity index (χ1v) is 9.13. The van der Waals surface area contributed by atoms with E-state index in [2.05, 4.69) is 5.32 Å². The maximum absolute atomic E-state index is 13.2. The number of amides is 2. The average Bonchev–Trinajstić information content (AvgIpc) is 2.91. The molecule has 2 aromatic carbocycles. The van der Waals surface area contributed by atoms with Crippen LogP contribution in [0.5, 0.6) is 0 Å². The van der Waals surface area contributed by atoms with Gasteiger partial charge in [0.05, 0.1) is 0 Å². The zero-order valence-electron chi connectivity index (χ0n) is 14.7. The molecule has 5 heteroatoms. The van der Waals surface area contributed by atoms with Gasteiger partial charge < -0.3 is 16.0 Å². The predicted octanol–water partition coefficient (Wildman–Crippen LogP) is 1.43. The third-order valence-corrected chi connectivity index (χ3v) is 5.43. The summed E-state index contributed by atoms with van der Waals surface area (Å²) in [6, 6.07) is 13.2. The summed E-state index contributed by atoms with van der Waals surface area (Å²) in [5, 5.41) is 3.38. The van der Waals surface area contributed by atoms with Gasteiger partial charge in [-0.15, -0.1) is 0 Å². The van der Waals surface area contributed by atoms with E-state index in [4.69, 9.17) is 5.73 Å². The van der Waals surface area contributed by atoms with Gasteiger partial charge in [0.1, 0.15) is 6.04 Å². The predicted molar refractivity (Wildman–Crippen MR) is 99.7 cm³/mol. The number of fused-ring (bicyclic) bond motifs is 2. The second-order valence-corrected chi connectivity index (χ2v) is 7.06. The van der Waals surface area contributed by atoms with Gasteiger partial charge in [0, 0.05) is 18.5 Å². The number of nitrogens with two attached hydrogens (primary N) is 1. The largest absolute Gasteiger partial charge is 0.368 e. The van der Waals surface area contributed by atoms with Crippen molar-refractivity contribution >= 4 is 11.8 Å². The summed E-state index contributed by atoms with van der Waals surface area (Å²) < 4.78 is 0. The van der Waals surface area contributed by atoms with Crippen LogP contribution in [0.15, 0.2) is 42.5 Å². The van der Waals surface area contributed by atoms with Gasteiger partial charge in [0.2, 0.25) is 5.91 Å². The lowest BCUT2D eigenvalue weighted by Crippen LogP contribution is -2.51. The number of benzene rings is 2. The Bertz CT molecular complexity index is 862. The van der Waals surface area contributed by atoms with Crippen molar-refractivity contribution in [1.82, 2.24) is 10.2 Å². The zero-order chi connectivity index (χ0) is 18.1. The van der Waals surface area contributed by atoms with Gasteiger partial charge in [-0.1, -0.05) is 30.3 Å². The number of nitrogens with one attached hydrogen (secondary N) is 1. The molecule has 2 aromatic rings. The minimum atomic E-state index is -0.599. The van der Waals surface area contributed by atoms with Crippen LogP contribution in [0.2, 0.25) is 0 Å². The van der Waals surface area contributed by atoms with E-state index in [1.54, 1.807) is 4.90 Å². The van der Waals surface area contributed by atoms with Gasteiger partial charge in [0.25, 0.3) is 5.91 Å². The average molecular weight is 349 g/mol. The van der Waals surface area contributed by atoms with Crippen LogP contribution in [0.3, 0.4) is 0 Å². The Morgan fingerprint density at radius 3 is 2.46 bits per heavy atom. The molecule has 2 aliphatic rings. The lowest BCUT2D eigenvalue weighted by Gasteiger charge is -2.35. The normalized spacial score (nSPS) is 19.2.